The molecule has 3 rings (SSSR count). The Labute approximate surface area is 254 Å². The highest BCUT2D eigenvalue weighted by Gasteiger charge is 2.38. The number of benzene rings is 1. The number of carboxylic acid groups (broad SMARTS) is 1. The maximum Gasteiger partial charge on any atom is 0.490 e. The Balaban J connectivity index is 0.000000900. The van der Waals surface area contributed by atoms with Gasteiger partial charge < -0.3 is 35.1 Å². The van der Waals surface area contributed by atoms with Gasteiger partial charge in [0.15, 0.2) is 5.76 Å². The van der Waals surface area contributed by atoms with Gasteiger partial charge in [-0.05, 0) is 19.4 Å². The number of aromatic nitrogens is 1. The summed E-state index contributed by atoms with van der Waals surface area (Å²) in [6, 6.07) is 5.02. The van der Waals surface area contributed by atoms with Crippen molar-refractivity contribution in [2.24, 2.45) is 5.73 Å². The van der Waals surface area contributed by atoms with E-state index in [1.54, 1.807) is 31.3 Å². The lowest BCUT2D eigenvalue weighted by molar-refractivity contribution is -0.192. The number of alkyl halides is 3. The van der Waals surface area contributed by atoms with Gasteiger partial charge in [0.05, 0.1) is 19.6 Å². The van der Waals surface area contributed by atoms with Crippen LogP contribution in [0.5, 0.6) is 0 Å². The number of nitrogen functional groups attached to an aromatic ring is 1. The number of rotatable bonds is 10. The third-order valence-corrected chi connectivity index (χ3v) is 8.01. The monoisotopic (exact) mass is 664 g/mol. The number of nitrogens with two attached hydrogens (primary N) is 1. The van der Waals surface area contributed by atoms with Crippen molar-refractivity contribution in [1.82, 2.24) is 20.1 Å². The number of cyclic esters (lactones) is 1. The third-order valence-electron chi connectivity index (χ3n) is 6.29. The minimum atomic E-state index is -5.08. The zero-order valence-corrected chi connectivity index (χ0v) is 25.1. The summed E-state index contributed by atoms with van der Waals surface area (Å²) in [4.78, 5) is 47.4. The summed E-state index contributed by atoms with van der Waals surface area (Å²) in [5.74, 6) is -4.28. The maximum atomic E-state index is 12.8. The predicted molar refractivity (Wildman–Crippen MR) is 146 cm³/mol. The highest BCUT2D eigenvalue weighted by Crippen LogP contribution is 2.32. The van der Waals surface area contributed by atoms with E-state index in [0.29, 0.717) is 12.0 Å². The van der Waals surface area contributed by atoms with Gasteiger partial charge in [-0.2, -0.15) is 17.9 Å². The molecule has 0 bridgehead atoms. The number of nitrogens with zero attached hydrogens (tertiary/aromatic N) is 2. The van der Waals surface area contributed by atoms with Gasteiger partial charge in [-0.15, -0.1) is 0 Å². The van der Waals surface area contributed by atoms with Crippen molar-refractivity contribution in [2.75, 3.05) is 20.7 Å². The number of aryl methyl sites for hydroxylation is 2. The van der Waals surface area contributed by atoms with Crippen LogP contribution < -0.4 is 15.8 Å². The van der Waals surface area contributed by atoms with E-state index in [4.69, 9.17) is 30.3 Å². The number of carbonyl (C=O) groups excluding carboxylic acids is 3. The van der Waals surface area contributed by atoms with Gasteiger partial charge in [0, 0.05) is 25.6 Å². The number of amidine groups is 1. The van der Waals surface area contributed by atoms with E-state index < -0.39 is 58.8 Å². The van der Waals surface area contributed by atoms with Crippen molar-refractivity contribution >= 4 is 39.8 Å². The molecule has 248 valence electrons. The lowest BCUT2D eigenvalue weighted by Crippen LogP contribution is -2.49. The summed E-state index contributed by atoms with van der Waals surface area (Å²) in [6.45, 7) is 2.44. The van der Waals surface area contributed by atoms with Crippen LogP contribution in [0.4, 0.5) is 18.0 Å². The van der Waals surface area contributed by atoms with Crippen molar-refractivity contribution in [3.63, 3.8) is 0 Å². The van der Waals surface area contributed by atoms with Crippen molar-refractivity contribution in [3.8, 4) is 0 Å². The number of aliphatic carboxylic acids is 1. The molecule has 1 aromatic carbocycles. The second-order valence-electron chi connectivity index (χ2n) is 9.57. The fraction of sp³-hybridized carbons (Fsp3) is 0.440. The Morgan fingerprint density at radius 3 is 2.29 bits per heavy atom. The largest absolute Gasteiger partial charge is 0.490 e. The molecule has 2 heterocycles. The number of carbonyl (C=O) groups is 4. The van der Waals surface area contributed by atoms with Crippen molar-refractivity contribution in [2.45, 2.75) is 55.9 Å². The molecule has 0 saturated carbocycles. The third kappa shape index (κ3) is 9.89. The molecule has 1 fully saturated rings. The molecular weight excluding hydrogens is 633 g/mol. The van der Waals surface area contributed by atoms with E-state index in [-0.39, 0.29) is 34.6 Å². The van der Waals surface area contributed by atoms with Crippen LogP contribution >= 0.6 is 0 Å². The summed E-state index contributed by atoms with van der Waals surface area (Å²) < 4.78 is 74.5. The van der Waals surface area contributed by atoms with Crippen LogP contribution in [0.1, 0.15) is 41.5 Å². The van der Waals surface area contributed by atoms with E-state index in [9.17, 15) is 36.0 Å². The zero-order valence-electron chi connectivity index (χ0n) is 24.3. The Bertz CT molecular complexity index is 1510. The summed E-state index contributed by atoms with van der Waals surface area (Å²) in [7, 11) is -1.56. The summed E-state index contributed by atoms with van der Waals surface area (Å²) in [6.07, 6.45) is -6.39. The van der Waals surface area contributed by atoms with Crippen LogP contribution in [-0.2, 0) is 33.9 Å². The molecule has 0 spiro atoms. The molecule has 0 radical (unpaired) electrons. The number of halogens is 3. The van der Waals surface area contributed by atoms with Gasteiger partial charge in [0.2, 0.25) is 15.9 Å². The van der Waals surface area contributed by atoms with Gasteiger partial charge >= 0.3 is 24.2 Å². The minimum Gasteiger partial charge on any atom is -0.475 e. The molecule has 20 heteroatoms. The summed E-state index contributed by atoms with van der Waals surface area (Å²) in [5.41, 5.74) is 6.92. The molecule has 16 nitrogen and oxygen atoms in total. The van der Waals surface area contributed by atoms with E-state index in [1.165, 1.54) is 18.7 Å². The van der Waals surface area contributed by atoms with Crippen LogP contribution in [0.2, 0.25) is 0 Å². The molecular formula is C25H31F3N6O10S. The number of hydrogen-bond acceptors (Lipinski definition) is 11. The molecule has 1 aromatic heterocycles. The fourth-order valence-corrected chi connectivity index (χ4v) is 5.61. The van der Waals surface area contributed by atoms with E-state index >= 15 is 0 Å². The van der Waals surface area contributed by atoms with Gasteiger partial charge in [-0.1, -0.05) is 29.4 Å². The van der Waals surface area contributed by atoms with Crippen LogP contribution in [0, 0.1) is 19.3 Å². The highest BCUT2D eigenvalue weighted by molar-refractivity contribution is 7.89. The molecule has 1 saturated heterocycles. The van der Waals surface area contributed by atoms with E-state index in [1.807, 2.05) is 0 Å². The predicted octanol–water partition coefficient (Wildman–Crippen LogP) is 1.12. The Morgan fingerprint density at radius 2 is 1.82 bits per heavy atom. The second kappa shape index (κ2) is 14.8. The summed E-state index contributed by atoms with van der Waals surface area (Å²) >= 11 is 0. The normalized spacial score (nSPS) is 17.3. The first-order valence-electron chi connectivity index (χ1n) is 12.8. The summed E-state index contributed by atoms with van der Waals surface area (Å²) in [5, 5.41) is 20.7. The van der Waals surface area contributed by atoms with Crippen molar-refractivity contribution < 1.29 is 59.9 Å². The first-order chi connectivity index (χ1) is 20.8. The van der Waals surface area contributed by atoms with Gasteiger partial charge in [0.25, 0.3) is 0 Å². The van der Waals surface area contributed by atoms with Crippen molar-refractivity contribution in [1.29, 1.82) is 5.41 Å². The number of sulfonamides is 1. The number of methoxy groups -OCH3 is 1. The maximum absolute atomic E-state index is 12.8. The van der Waals surface area contributed by atoms with E-state index in [2.05, 4.69) is 19.9 Å². The molecule has 0 unspecified atom stereocenters. The molecule has 0 aliphatic carbocycles. The average molecular weight is 665 g/mol. The molecule has 6 N–H and O–H groups in total. The average Bonchev–Trinajstić information content (AvgIpc) is 3.30. The Morgan fingerprint density at radius 1 is 1.24 bits per heavy atom. The molecule has 2 amide bonds. The highest BCUT2D eigenvalue weighted by atomic mass is 32.2. The first kappa shape index (κ1) is 36.5. The smallest absolute Gasteiger partial charge is 0.475 e. The van der Waals surface area contributed by atoms with Gasteiger partial charge in [-0.25, -0.2) is 18.0 Å². The zero-order chi connectivity index (χ0) is 34.3. The SMILES string of the molecule is COC(=O)[C@H](CNC(=O)C[C@H]1C[C@@H](c2ccc(C(=N)N)cc2)N(C)C(=O)O1)NS(=O)(=O)c1c(C)noc1C.O=C(O)C(F)(F)F. The van der Waals surface area contributed by atoms with Gasteiger partial charge in [-0.3, -0.25) is 15.0 Å². The number of hydrogen-bond donors (Lipinski definition) is 5. The molecule has 2 aromatic rings. The lowest BCUT2D eigenvalue weighted by Gasteiger charge is -2.36. The van der Waals surface area contributed by atoms with Crippen LogP contribution in [0.15, 0.2) is 33.7 Å². The quantitative estimate of drug-likeness (QED) is 0.136. The standard InChI is InChI=1S/C23H30N6O8S.C2HF3O2/c1-12-20(13(2)37-27-12)38(33,34)28-17(22(31)35-4)11-26-19(30)10-16-9-18(29(3)23(32)36-16)14-5-7-15(8-6-14)21(24)25;3-2(4,5)1(6)7/h5-8,16-18,28H,9-11H2,1-4H3,(H3,24,25)(H,26,30);(H,6,7)/t16-,17+,18+;/m1./s1. The van der Waals surface area contributed by atoms with Crippen LogP contribution in [0.25, 0.3) is 0 Å². The van der Waals surface area contributed by atoms with Crippen LogP contribution in [0.3, 0.4) is 0 Å². The number of amides is 2. The fourth-order valence-electron chi connectivity index (χ4n) is 4.09. The number of ether oxygens (including phenoxy) is 2. The topological polar surface area (TPSA) is 244 Å². The number of nitrogens with one attached hydrogen (secondary N) is 3. The van der Waals surface area contributed by atoms with E-state index in [0.717, 1.165) is 12.7 Å². The molecule has 3 atom stereocenters. The van der Waals surface area contributed by atoms with Gasteiger partial charge in [0.1, 0.15) is 28.6 Å². The molecule has 1 aliphatic heterocycles. The number of carboxylic acids is 1. The Kier molecular flexibility index (Phi) is 12.0. The lowest BCUT2D eigenvalue weighted by atomic mass is 9.95. The molecule has 1 aliphatic rings. The first-order valence-corrected chi connectivity index (χ1v) is 14.2. The van der Waals surface area contributed by atoms with Crippen molar-refractivity contribution in [3.05, 3.63) is 46.8 Å². The Hall–Kier alpha value is -4.72. The minimum absolute atomic E-state index is 0.0391. The second-order valence-corrected chi connectivity index (χ2v) is 11.2. The number of esters is 1. The molecule has 45 heavy (non-hydrogen) atoms. The van der Waals surface area contributed by atoms with Crippen LogP contribution in [-0.4, -0.2) is 92.4 Å².